The van der Waals surface area contributed by atoms with Crippen LogP contribution in [0.5, 0.6) is 0 Å². The number of hydrogen-bond acceptors (Lipinski definition) is 4. The highest BCUT2D eigenvalue weighted by Crippen LogP contribution is 2.20. The predicted molar refractivity (Wildman–Crippen MR) is 87.4 cm³/mol. The fourth-order valence-corrected chi connectivity index (χ4v) is 2.85. The molecule has 0 aliphatic heterocycles. The molecule has 2 N–H and O–H groups in total. The first-order valence-corrected chi connectivity index (χ1v) is 7.63. The molecule has 0 radical (unpaired) electrons. The fourth-order valence-electron chi connectivity index (χ4n) is 1.55. The van der Waals surface area contributed by atoms with E-state index >= 15 is 0 Å². The maximum atomic E-state index is 11.6. The lowest BCUT2D eigenvalue weighted by atomic mass is 10.2. The maximum Gasteiger partial charge on any atom is 0.259 e. The molecule has 0 fully saturated rings. The highest BCUT2D eigenvalue weighted by Gasteiger charge is 2.01. The molecular weight excluding hydrogens is 338 g/mol. The minimum atomic E-state index is -0.180. The summed E-state index contributed by atoms with van der Waals surface area (Å²) in [6, 6.07) is 11.7. The average Bonchev–Trinajstić information content (AvgIpc) is 2.83. The number of rotatable bonds is 5. The standard InChI is InChI=1S/C14H14BrN3OS/c1-10-4-2-3-5-12(10)16-9-14(19)18-17-8-11-6-7-13(15)20-11/h2-8,16H,9H2,1H3,(H,18,19)/b17-8+. The third-order valence-electron chi connectivity index (χ3n) is 2.56. The lowest BCUT2D eigenvalue weighted by Crippen LogP contribution is -2.26. The first kappa shape index (κ1) is 14.7. The Kier molecular flexibility index (Phi) is 5.31. The summed E-state index contributed by atoms with van der Waals surface area (Å²) in [5.74, 6) is -0.180. The van der Waals surface area contributed by atoms with Crippen molar-refractivity contribution in [3.05, 3.63) is 50.6 Å². The lowest BCUT2D eigenvalue weighted by molar-refractivity contribution is -0.119. The second-order valence-corrected chi connectivity index (χ2v) is 6.60. The number of nitrogens with one attached hydrogen (secondary N) is 2. The summed E-state index contributed by atoms with van der Waals surface area (Å²) in [5.41, 5.74) is 4.55. The minimum absolute atomic E-state index is 0.180. The average molecular weight is 352 g/mol. The highest BCUT2D eigenvalue weighted by molar-refractivity contribution is 9.11. The molecule has 4 nitrogen and oxygen atoms in total. The molecule has 0 saturated heterocycles. The van der Waals surface area contributed by atoms with Gasteiger partial charge in [0.05, 0.1) is 16.5 Å². The molecular formula is C14H14BrN3OS. The van der Waals surface area contributed by atoms with Crippen LogP contribution in [0.15, 0.2) is 45.3 Å². The van der Waals surface area contributed by atoms with E-state index in [1.165, 1.54) is 0 Å². The number of aryl methyl sites for hydroxylation is 1. The van der Waals surface area contributed by atoms with Gasteiger partial charge in [0.2, 0.25) is 0 Å². The number of hydrogen-bond donors (Lipinski definition) is 2. The number of thiophene rings is 1. The van der Waals surface area contributed by atoms with Gasteiger partial charge in [0.25, 0.3) is 5.91 Å². The van der Waals surface area contributed by atoms with Crippen molar-refractivity contribution in [2.24, 2.45) is 5.10 Å². The Balaban J connectivity index is 1.78. The summed E-state index contributed by atoms with van der Waals surface area (Å²) in [5, 5.41) is 6.99. The zero-order valence-electron chi connectivity index (χ0n) is 10.9. The van der Waals surface area contributed by atoms with Gasteiger partial charge >= 0.3 is 0 Å². The van der Waals surface area contributed by atoms with E-state index in [1.807, 2.05) is 43.3 Å². The SMILES string of the molecule is Cc1ccccc1NCC(=O)N/N=C/c1ccc(Br)s1. The Morgan fingerprint density at radius 1 is 1.35 bits per heavy atom. The molecule has 1 aromatic heterocycles. The molecule has 0 aliphatic rings. The number of benzene rings is 1. The second kappa shape index (κ2) is 7.21. The quantitative estimate of drug-likeness (QED) is 0.640. The molecule has 0 atom stereocenters. The number of anilines is 1. The zero-order valence-corrected chi connectivity index (χ0v) is 13.3. The Labute approximate surface area is 130 Å². The molecule has 104 valence electrons. The number of nitrogens with zero attached hydrogens (tertiary/aromatic N) is 1. The van der Waals surface area contributed by atoms with E-state index in [0.29, 0.717) is 0 Å². The van der Waals surface area contributed by atoms with Gasteiger partial charge in [-0.05, 0) is 46.6 Å². The van der Waals surface area contributed by atoms with E-state index in [-0.39, 0.29) is 12.5 Å². The van der Waals surface area contributed by atoms with Gasteiger partial charge in [-0.25, -0.2) is 5.43 Å². The van der Waals surface area contributed by atoms with E-state index in [1.54, 1.807) is 17.6 Å². The van der Waals surface area contributed by atoms with Gasteiger partial charge in [-0.2, -0.15) is 5.10 Å². The van der Waals surface area contributed by atoms with E-state index < -0.39 is 0 Å². The van der Waals surface area contributed by atoms with E-state index in [2.05, 4.69) is 31.8 Å². The molecule has 0 unspecified atom stereocenters. The number of carbonyl (C=O) groups excluding carboxylic acids is 1. The molecule has 2 aromatic rings. The first-order valence-electron chi connectivity index (χ1n) is 6.02. The van der Waals surface area contributed by atoms with Crippen LogP contribution in [0.2, 0.25) is 0 Å². The molecule has 1 heterocycles. The van der Waals surface area contributed by atoms with Gasteiger partial charge in [0.1, 0.15) is 0 Å². The number of halogens is 1. The van der Waals surface area contributed by atoms with Crippen LogP contribution in [-0.2, 0) is 4.79 Å². The highest BCUT2D eigenvalue weighted by atomic mass is 79.9. The summed E-state index contributed by atoms with van der Waals surface area (Å²) < 4.78 is 1.03. The van der Waals surface area contributed by atoms with Crippen LogP contribution in [0.4, 0.5) is 5.69 Å². The maximum absolute atomic E-state index is 11.6. The van der Waals surface area contributed by atoms with Gasteiger partial charge in [-0.15, -0.1) is 11.3 Å². The molecule has 0 saturated carbocycles. The number of amides is 1. The summed E-state index contributed by atoms with van der Waals surface area (Å²) >= 11 is 4.92. The van der Waals surface area contributed by atoms with E-state index in [9.17, 15) is 4.79 Å². The number of hydrazone groups is 1. The third kappa shape index (κ3) is 4.47. The van der Waals surface area contributed by atoms with Crippen molar-refractivity contribution in [3.63, 3.8) is 0 Å². The number of para-hydroxylation sites is 1. The van der Waals surface area contributed by atoms with Gasteiger partial charge in [0, 0.05) is 10.6 Å². The minimum Gasteiger partial charge on any atom is -0.376 e. The van der Waals surface area contributed by atoms with Gasteiger partial charge in [-0.1, -0.05) is 18.2 Å². The van der Waals surface area contributed by atoms with E-state index in [0.717, 1.165) is 19.9 Å². The number of carbonyl (C=O) groups is 1. The summed E-state index contributed by atoms with van der Waals surface area (Å²) in [7, 11) is 0. The van der Waals surface area contributed by atoms with Crippen molar-refractivity contribution in [1.29, 1.82) is 0 Å². The Bertz CT molecular complexity index is 624. The van der Waals surface area contributed by atoms with Crippen LogP contribution in [-0.4, -0.2) is 18.7 Å². The van der Waals surface area contributed by atoms with Crippen LogP contribution in [0.1, 0.15) is 10.4 Å². The summed E-state index contributed by atoms with van der Waals surface area (Å²) in [6.45, 7) is 2.18. The molecule has 1 aromatic carbocycles. The van der Waals surface area contributed by atoms with Crippen LogP contribution >= 0.6 is 27.3 Å². The lowest BCUT2D eigenvalue weighted by Gasteiger charge is -2.07. The van der Waals surface area contributed by atoms with Crippen molar-refractivity contribution < 1.29 is 4.79 Å². The summed E-state index contributed by atoms with van der Waals surface area (Å²) in [6.07, 6.45) is 1.63. The van der Waals surface area contributed by atoms with Crippen molar-refractivity contribution in [1.82, 2.24) is 5.43 Å². The molecule has 0 aliphatic carbocycles. The van der Waals surface area contributed by atoms with E-state index in [4.69, 9.17) is 0 Å². The van der Waals surface area contributed by atoms with Crippen molar-refractivity contribution >= 4 is 45.1 Å². The first-order chi connectivity index (χ1) is 9.65. The molecule has 0 spiro atoms. The molecule has 0 bridgehead atoms. The molecule has 6 heteroatoms. The normalized spacial score (nSPS) is 10.7. The Hall–Kier alpha value is -1.66. The van der Waals surface area contributed by atoms with Crippen LogP contribution in [0.3, 0.4) is 0 Å². The summed E-state index contributed by atoms with van der Waals surface area (Å²) in [4.78, 5) is 12.6. The molecule has 2 rings (SSSR count). The predicted octanol–water partition coefficient (Wildman–Crippen LogP) is 3.38. The Morgan fingerprint density at radius 2 is 2.15 bits per heavy atom. The Morgan fingerprint density at radius 3 is 2.85 bits per heavy atom. The molecule has 1 amide bonds. The topological polar surface area (TPSA) is 53.5 Å². The smallest absolute Gasteiger partial charge is 0.259 e. The van der Waals surface area contributed by atoms with Gasteiger partial charge in [-0.3, -0.25) is 4.79 Å². The monoisotopic (exact) mass is 351 g/mol. The van der Waals surface area contributed by atoms with Crippen LogP contribution in [0.25, 0.3) is 0 Å². The third-order valence-corrected chi connectivity index (χ3v) is 4.12. The van der Waals surface area contributed by atoms with Crippen molar-refractivity contribution in [2.45, 2.75) is 6.92 Å². The van der Waals surface area contributed by atoms with Crippen molar-refractivity contribution in [3.8, 4) is 0 Å². The van der Waals surface area contributed by atoms with Crippen LogP contribution < -0.4 is 10.7 Å². The van der Waals surface area contributed by atoms with Crippen LogP contribution in [0, 0.1) is 6.92 Å². The zero-order chi connectivity index (χ0) is 14.4. The largest absolute Gasteiger partial charge is 0.376 e. The van der Waals surface area contributed by atoms with Crippen molar-refractivity contribution in [2.75, 3.05) is 11.9 Å². The fraction of sp³-hybridized carbons (Fsp3) is 0.143. The molecule has 20 heavy (non-hydrogen) atoms. The van der Waals surface area contributed by atoms with Gasteiger partial charge in [0.15, 0.2) is 0 Å². The van der Waals surface area contributed by atoms with Gasteiger partial charge < -0.3 is 5.32 Å². The second-order valence-electron chi connectivity index (χ2n) is 4.10.